The average Bonchev–Trinajstić information content (AvgIpc) is 2.43. The molecule has 108 valence electrons. The molecule has 0 saturated heterocycles. The number of ether oxygens (including phenoxy) is 1. The normalized spacial score (nSPS) is 14.7. The molecule has 1 aromatic rings. The van der Waals surface area contributed by atoms with Crippen LogP contribution in [-0.2, 0) is 0 Å². The Morgan fingerprint density at radius 2 is 1.74 bits per heavy atom. The van der Waals surface area contributed by atoms with Gasteiger partial charge in [-0.05, 0) is 50.6 Å². The first-order chi connectivity index (χ1) is 8.95. The zero-order valence-electron chi connectivity index (χ0n) is 12.8. The third-order valence-electron chi connectivity index (χ3n) is 3.67. The summed E-state index contributed by atoms with van der Waals surface area (Å²) in [5.74, 6) is 1.50. The minimum absolute atomic E-state index is 0.104. The third-order valence-corrected chi connectivity index (χ3v) is 3.67. The highest BCUT2D eigenvalue weighted by atomic mass is 16.5. The van der Waals surface area contributed by atoms with E-state index in [-0.39, 0.29) is 6.04 Å². The van der Waals surface area contributed by atoms with Crippen LogP contribution >= 0.6 is 0 Å². The molecule has 0 heterocycles. The summed E-state index contributed by atoms with van der Waals surface area (Å²) < 4.78 is 5.13. The first kappa shape index (κ1) is 16.0. The Balaban J connectivity index is 2.61. The van der Waals surface area contributed by atoms with Crippen LogP contribution in [0.5, 0.6) is 5.75 Å². The molecule has 0 radical (unpaired) electrons. The second-order valence-electron chi connectivity index (χ2n) is 5.62. The molecule has 0 aliphatic rings. The first-order valence-corrected chi connectivity index (χ1v) is 6.98. The summed E-state index contributed by atoms with van der Waals surface area (Å²) in [7, 11) is 3.72. The van der Waals surface area contributed by atoms with Crippen LogP contribution in [0.1, 0.15) is 38.9 Å². The molecular weight excluding hydrogens is 238 g/mol. The molecule has 0 fully saturated rings. The second kappa shape index (κ2) is 7.51. The van der Waals surface area contributed by atoms with Gasteiger partial charge in [-0.25, -0.2) is 0 Å². The minimum Gasteiger partial charge on any atom is -0.497 e. The topological polar surface area (TPSA) is 32.7 Å². The van der Waals surface area contributed by atoms with Crippen molar-refractivity contribution in [3.05, 3.63) is 29.8 Å². The number of aliphatic hydroxyl groups excluding tert-OH is 1. The summed E-state index contributed by atoms with van der Waals surface area (Å²) in [4.78, 5) is 2.22. The summed E-state index contributed by atoms with van der Waals surface area (Å²) >= 11 is 0. The maximum absolute atomic E-state index is 10.4. The molecule has 0 bridgehead atoms. The molecule has 0 spiro atoms. The van der Waals surface area contributed by atoms with Gasteiger partial charge in [-0.15, -0.1) is 0 Å². The number of hydrogen-bond acceptors (Lipinski definition) is 3. The van der Waals surface area contributed by atoms with Gasteiger partial charge in [-0.2, -0.15) is 0 Å². The molecule has 0 saturated carbocycles. The fourth-order valence-electron chi connectivity index (χ4n) is 1.99. The molecule has 19 heavy (non-hydrogen) atoms. The van der Waals surface area contributed by atoms with Crippen LogP contribution in [0.25, 0.3) is 0 Å². The lowest BCUT2D eigenvalue weighted by atomic mass is 10.0. The lowest BCUT2D eigenvalue weighted by molar-refractivity contribution is 0.0702. The van der Waals surface area contributed by atoms with Crippen molar-refractivity contribution in [2.24, 2.45) is 5.92 Å². The molecule has 0 aliphatic heterocycles. The predicted molar refractivity (Wildman–Crippen MR) is 79.5 cm³/mol. The molecule has 0 aliphatic carbocycles. The van der Waals surface area contributed by atoms with Gasteiger partial charge >= 0.3 is 0 Å². The van der Waals surface area contributed by atoms with Gasteiger partial charge in [0.2, 0.25) is 0 Å². The highest BCUT2D eigenvalue weighted by molar-refractivity contribution is 5.28. The number of methoxy groups -OCH3 is 1. The van der Waals surface area contributed by atoms with Gasteiger partial charge in [0.25, 0.3) is 0 Å². The SMILES string of the molecule is COc1ccc(C(O)C(C)N(C)CCC(C)C)cc1. The van der Waals surface area contributed by atoms with Crippen LogP contribution in [-0.4, -0.2) is 36.8 Å². The van der Waals surface area contributed by atoms with Crippen molar-refractivity contribution >= 4 is 0 Å². The third kappa shape index (κ3) is 4.84. The van der Waals surface area contributed by atoms with Crippen LogP contribution in [0.15, 0.2) is 24.3 Å². The Labute approximate surface area is 117 Å². The Kier molecular flexibility index (Phi) is 6.32. The summed E-state index contributed by atoms with van der Waals surface area (Å²) in [6.45, 7) is 7.51. The highest BCUT2D eigenvalue weighted by Crippen LogP contribution is 2.22. The lowest BCUT2D eigenvalue weighted by Crippen LogP contribution is -2.35. The Bertz CT molecular complexity index is 362. The van der Waals surface area contributed by atoms with E-state index in [2.05, 4.69) is 32.7 Å². The largest absolute Gasteiger partial charge is 0.497 e. The van der Waals surface area contributed by atoms with Crippen LogP contribution in [0.3, 0.4) is 0 Å². The smallest absolute Gasteiger partial charge is 0.118 e. The van der Waals surface area contributed by atoms with E-state index in [0.29, 0.717) is 5.92 Å². The van der Waals surface area contributed by atoms with Gasteiger partial charge in [0.15, 0.2) is 0 Å². The lowest BCUT2D eigenvalue weighted by Gasteiger charge is -2.29. The molecule has 1 rings (SSSR count). The van der Waals surface area contributed by atoms with Gasteiger partial charge < -0.3 is 14.7 Å². The Morgan fingerprint density at radius 1 is 1.16 bits per heavy atom. The highest BCUT2D eigenvalue weighted by Gasteiger charge is 2.20. The van der Waals surface area contributed by atoms with Crippen LogP contribution in [0.4, 0.5) is 0 Å². The van der Waals surface area contributed by atoms with Crippen molar-refractivity contribution in [1.29, 1.82) is 0 Å². The molecular formula is C16H27NO2. The second-order valence-corrected chi connectivity index (χ2v) is 5.62. The fourth-order valence-corrected chi connectivity index (χ4v) is 1.99. The number of hydrogen-bond donors (Lipinski definition) is 1. The molecule has 2 atom stereocenters. The summed E-state index contributed by atoms with van der Waals surface area (Å²) in [6.07, 6.45) is 0.680. The van der Waals surface area contributed by atoms with Crippen molar-refractivity contribution in [2.75, 3.05) is 20.7 Å². The van der Waals surface area contributed by atoms with Gasteiger partial charge in [-0.3, -0.25) is 0 Å². The molecule has 3 heteroatoms. The van der Waals surface area contributed by atoms with E-state index >= 15 is 0 Å². The standard InChI is InChI=1S/C16H27NO2/c1-12(2)10-11-17(4)13(3)16(18)14-6-8-15(19-5)9-7-14/h6-9,12-13,16,18H,10-11H2,1-5H3. The van der Waals surface area contributed by atoms with Gasteiger partial charge in [0.1, 0.15) is 5.75 Å². The van der Waals surface area contributed by atoms with E-state index in [0.717, 1.165) is 24.3 Å². The summed E-state index contributed by atoms with van der Waals surface area (Å²) in [5, 5.41) is 10.4. The fraction of sp³-hybridized carbons (Fsp3) is 0.625. The number of aliphatic hydroxyl groups is 1. The van der Waals surface area contributed by atoms with Gasteiger partial charge in [-0.1, -0.05) is 26.0 Å². The maximum atomic E-state index is 10.4. The number of benzene rings is 1. The van der Waals surface area contributed by atoms with Crippen LogP contribution in [0.2, 0.25) is 0 Å². The maximum Gasteiger partial charge on any atom is 0.118 e. The van der Waals surface area contributed by atoms with E-state index in [1.165, 1.54) is 0 Å². The number of rotatable bonds is 7. The zero-order chi connectivity index (χ0) is 14.4. The molecule has 2 unspecified atom stereocenters. The van der Waals surface area contributed by atoms with E-state index < -0.39 is 6.10 Å². The predicted octanol–water partition coefficient (Wildman–Crippen LogP) is 3.10. The molecule has 1 aromatic carbocycles. The first-order valence-electron chi connectivity index (χ1n) is 6.98. The van der Waals surface area contributed by atoms with Crippen molar-refractivity contribution in [3.63, 3.8) is 0 Å². The molecule has 0 amide bonds. The minimum atomic E-state index is -0.469. The molecule has 0 aromatic heterocycles. The van der Waals surface area contributed by atoms with Crippen LogP contribution < -0.4 is 4.74 Å². The Hall–Kier alpha value is -1.06. The van der Waals surface area contributed by atoms with E-state index in [4.69, 9.17) is 4.74 Å². The van der Waals surface area contributed by atoms with Gasteiger partial charge in [0.05, 0.1) is 13.2 Å². The van der Waals surface area contributed by atoms with Crippen molar-refractivity contribution < 1.29 is 9.84 Å². The molecule has 1 N–H and O–H groups in total. The number of likely N-dealkylation sites (N-methyl/N-ethyl adjacent to an activating group) is 1. The average molecular weight is 265 g/mol. The quantitative estimate of drug-likeness (QED) is 0.822. The van der Waals surface area contributed by atoms with Crippen molar-refractivity contribution in [3.8, 4) is 5.75 Å². The Morgan fingerprint density at radius 3 is 2.21 bits per heavy atom. The zero-order valence-corrected chi connectivity index (χ0v) is 12.8. The summed E-state index contributed by atoms with van der Waals surface area (Å²) in [5.41, 5.74) is 0.935. The monoisotopic (exact) mass is 265 g/mol. The van der Waals surface area contributed by atoms with E-state index in [1.807, 2.05) is 24.3 Å². The molecule has 3 nitrogen and oxygen atoms in total. The van der Waals surface area contributed by atoms with E-state index in [1.54, 1.807) is 7.11 Å². The number of nitrogens with zero attached hydrogens (tertiary/aromatic N) is 1. The van der Waals surface area contributed by atoms with Crippen molar-refractivity contribution in [2.45, 2.75) is 39.3 Å². The van der Waals surface area contributed by atoms with Gasteiger partial charge in [0, 0.05) is 6.04 Å². The van der Waals surface area contributed by atoms with E-state index in [9.17, 15) is 5.11 Å². The van der Waals surface area contributed by atoms with Crippen molar-refractivity contribution in [1.82, 2.24) is 4.90 Å². The van der Waals surface area contributed by atoms with Crippen LogP contribution in [0, 0.1) is 5.92 Å². The summed E-state index contributed by atoms with van der Waals surface area (Å²) in [6, 6.07) is 7.73.